The van der Waals surface area contributed by atoms with E-state index in [0.717, 1.165) is 0 Å². The third-order valence-electron chi connectivity index (χ3n) is 2.54. The van der Waals surface area contributed by atoms with Crippen LogP contribution in [-0.4, -0.2) is 15.1 Å². The summed E-state index contributed by atoms with van der Waals surface area (Å²) in [5.74, 6) is -0.0895. The Balaban J connectivity index is 2.04. The minimum atomic E-state index is -0.467. The molecule has 0 aliphatic carbocycles. The average Bonchev–Trinajstić information content (AvgIpc) is 2.92. The number of aromatic nitrogens is 3. The monoisotopic (exact) mass is 256 g/mol. The van der Waals surface area contributed by atoms with E-state index in [1.54, 1.807) is 24.4 Å². The number of hydrogen-bond acceptors (Lipinski definition) is 5. The van der Waals surface area contributed by atoms with Gasteiger partial charge in [0.15, 0.2) is 0 Å². The van der Waals surface area contributed by atoms with Crippen molar-refractivity contribution in [1.29, 1.82) is 0 Å². The van der Waals surface area contributed by atoms with Gasteiger partial charge in [-0.2, -0.15) is 4.98 Å². The van der Waals surface area contributed by atoms with Gasteiger partial charge in [-0.3, -0.25) is 4.98 Å². The van der Waals surface area contributed by atoms with Crippen LogP contribution < -0.4 is 5.73 Å². The Morgan fingerprint density at radius 2 is 2.05 bits per heavy atom. The molecule has 6 heteroatoms. The van der Waals surface area contributed by atoms with E-state index in [0.29, 0.717) is 17.2 Å². The van der Waals surface area contributed by atoms with Gasteiger partial charge in [-0.15, -0.1) is 0 Å². The first-order chi connectivity index (χ1) is 9.24. The van der Waals surface area contributed by atoms with Crippen molar-refractivity contribution in [3.63, 3.8) is 0 Å². The van der Waals surface area contributed by atoms with E-state index in [4.69, 9.17) is 10.3 Å². The van der Waals surface area contributed by atoms with Gasteiger partial charge in [0.1, 0.15) is 11.5 Å². The van der Waals surface area contributed by atoms with E-state index in [-0.39, 0.29) is 11.5 Å². The quantitative estimate of drug-likeness (QED) is 0.713. The van der Waals surface area contributed by atoms with E-state index in [1.165, 1.54) is 18.2 Å². The summed E-state index contributed by atoms with van der Waals surface area (Å²) in [7, 11) is 0. The van der Waals surface area contributed by atoms with Crippen molar-refractivity contribution in [1.82, 2.24) is 15.1 Å². The lowest BCUT2D eigenvalue weighted by Crippen LogP contribution is -1.90. The van der Waals surface area contributed by atoms with Crippen LogP contribution in [0.15, 0.2) is 47.1 Å². The maximum absolute atomic E-state index is 13.7. The molecule has 0 saturated carbocycles. The van der Waals surface area contributed by atoms with Crippen LogP contribution in [0.4, 0.5) is 10.1 Å². The highest BCUT2D eigenvalue weighted by Gasteiger charge is 2.15. The summed E-state index contributed by atoms with van der Waals surface area (Å²) in [6.07, 6.45) is 1.62. The van der Waals surface area contributed by atoms with Crippen molar-refractivity contribution in [2.75, 3.05) is 5.73 Å². The van der Waals surface area contributed by atoms with Crippen molar-refractivity contribution < 1.29 is 8.91 Å². The normalized spacial score (nSPS) is 10.6. The van der Waals surface area contributed by atoms with Crippen LogP contribution >= 0.6 is 0 Å². The van der Waals surface area contributed by atoms with Crippen LogP contribution in [0.5, 0.6) is 0 Å². The molecule has 94 valence electrons. The Hall–Kier alpha value is -2.76. The zero-order chi connectivity index (χ0) is 13.2. The van der Waals surface area contributed by atoms with Crippen LogP contribution in [-0.2, 0) is 0 Å². The molecule has 0 aliphatic heterocycles. The molecule has 2 N–H and O–H groups in total. The van der Waals surface area contributed by atoms with E-state index < -0.39 is 5.82 Å². The first-order valence-electron chi connectivity index (χ1n) is 5.54. The fourth-order valence-electron chi connectivity index (χ4n) is 1.64. The van der Waals surface area contributed by atoms with Crippen molar-refractivity contribution in [2.45, 2.75) is 0 Å². The Morgan fingerprint density at radius 3 is 2.84 bits per heavy atom. The lowest BCUT2D eigenvalue weighted by Gasteiger charge is -1.98. The Kier molecular flexibility index (Phi) is 2.68. The van der Waals surface area contributed by atoms with Gasteiger partial charge >= 0.3 is 0 Å². The molecule has 0 fully saturated rings. The molecule has 19 heavy (non-hydrogen) atoms. The lowest BCUT2D eigenvalue weighted by atomic mass is 10.2. The number of anilines is 1. The second-order valence-corrected chi connectivity index (χ2v) is 3.88. The summed E-state index contributed by atoms with van der Waals surface area (Å²) in [6, 6.07) is 9.50. The van der Waals surface area contributed by atoms with E-state index in [9.17, 15) is 4.39 Å². The standard InChI is InChI=1S/C13H9FN4O/c14-10-5-4-8(15)7-9(10)13-17-12(18-19-13)11-3-1-2-6-16-11/h1-7H,15H2. The van der Waals surface area contributed by atoms with Crippen molar-refractivity contribution in [3.05, 3.63) is 48.4 Å². The second-order valence-electron chi connectivity index (χ2n) is 3.88. The highest BCUT2D eigenvalue weighted by molar-refractivity contribution is 5.62. The number of pyridine rings is 1. The zero-order valence-corrected chi connectivity index (χ0v) is 9.75. The van der Waals surface area contributed by atoms with E-state index in [2.05, 4.69) is 15.1 Å². The Labute approximate surface area is 107 Å². The second kappa shape index (κ2) is 4.49. The average molecular weight is 256 g/mol. The maximum Gasteiger partial charge on any atom is 0.261 e. The Morgan fingerprint density at radius 1 is 1.16 bits per heavy atom. The third kappa shape index (κ3) is 2.15. The summed E-state index contributed by atoms with van der Waals surface area (Å²) in [5, 5.41) is 3.78. The van der Waals surface area contributed by atoms with Crippen molar-refractivity contribution >= 4 is 5.69 Å². The molecule has 5 nitrogen and oxygen atoms in total. The molecular formula is C13H9FN4O. The minimum Gasteiger partial charge on any atom is -0.399 e. The molecule has 1 aromatic carbocycles. The number of halogens is 1. The summed E-state index contributed by atoms with van der Waals surface area (Å²) < 4.78 is 18.7. The van der Waals surface area contributed by atoms with Gasteiger partial charge in [-0.25, -0.2) is 4.39 Å². The first-order valence-corrected chi connectivity index (χ1v) is 5.54. The van der Waals surface area contributed by atoms with Gasteiger partial charge in [0.2, 0.25) is 5.82 Å². The molecule has 0 radical (unpaired) electrons. The SMILES string of the molecule is Nc1ccc(F)c(-c2nc(-c3ccccn3)no2)c1. The summed E-state index contributed by atoms with van der Waals surface area (Å²) in [5.41, 5.74) is 6.77. The molecule has 0 atom stereocenters. The highest BCUT2D eigenvalue weighted by Crippen LogP contribution is 2.25. The molecule has 2 aromatic heterocycles. The molecule has 2 heterocycles. The summed E-state index contributed by atoms with van der Waals surface area (Å²) >= 11 is 0. The fourth-order valence-corrected chi connectivity index (χ4v) is 1.64. The summed E-state index contributed by atoms with van der Waals surface area (Å²) in [4.78, 5) is 8.21. The number of rotatable bonds is 2. The maximum atomic E-state index is 13.7. The van der Waals surface area contributed by atoms with Crippen LogP contribution in [0, 0.1) is 5.82 Å². The third-order valence-corrected chi connectivity index (χ3v) is 2.54. The number of nitrogen functional groups attached to an aromatic ring is 1. The number of nitrogens with two attached hydrogens (primary N) is 1. The van der Waals surface area contributed by atoms with Crippen LogP contribution in [0.2, 0.25) is 0 Å². The topological polar surface area (TPSA) is 77.8 Å². The van der Waals surface area contributed by atoms with Gasteiger partial charge < -0.3 is 10.3 Å². The van der Waals surface area contributed by atoms with Crippen LogP contribution in [0.25, 0.3) is 23.0 Å². The predicted octanol–water partition coefficient (Wildman–Crippen LogP) is 2.52. The fraction of sp³-hybridized carbons (Fsp3) is 0. The molecule has 3 rings (SSSR count). The Bertz CT molecular complexity index is 712. The van der Waals surface area contributed by atoms with Crippen LogP contribution in [0.3, 0.4) is 0 Å². The molecule has 0 aliphatic rings. The van der Waals surface area contributed by atoms with Gasteiger partial charge in [-0.1, -0.05) is 11.2 Å². The zero-order valence-electron chi connectivity index (χ0n) is 9.75. The van der Waals surface area contributed by atoms with E-state index >= 15 is 0 Å². The number of benzene rings is 1. The molecule has 0 bridgehead atoms. The largest absolute Gasteiger partial charge is 0.399 e. The first kappa shape index (κ1) is 11.3. The molecule has 3 aromatic rings. The van der Waals surface area contributed by atoms with Gasteiger partial charge in [-0.05, 0) is 30.3 Å². The molecule has 0 spiro atoms. The van der Waals surface area contributed by atoms with Gasteiger partial charge in [0.25, 0.3) is 5.89 Å². The van der Waals surface area contributed by atoms with Gasteiger partial charge in [0, 0.05) is 11.9 Å². The molecule has 0 amide bonds. The highest BCUT2D eigenvalue weighted by atomic mass is 19.1. The van der Waals surface area contributed by atoms with E-state index in [1.807, 2.05) is 0 Å². The number of hydrogen-bond donors (Lipinski definition) is 1. The van der Waals surface area contributed by atoms with Crippen LogP contribution in [0.1, 0.15) is 0 Å². The molecular weight excluding hydrogens is 247 g/mol. The predicted molar refractivity (Wildman–Crippen MR) is 67.3 cm³/mol. The van der Waals surface area contributed by atoms with Gasteiger partial charge in [0.05, 0.1) is 5.56 Å². The molecule has 0 saturated heterocycles. The lowest BCUT2D eigenvalue weighted by molar-refractivity contribution is 0.429. The number of nitrogens with zero attached hydrogens (tertiary/aromatic N) is 3. The smallest absolute Gasteiger partial charge is 0.261 e. The van der Waals surface area contributed by atoms with Crippen molar-refractivity contribution in [3.8, 4) is 23.0 Å². The minimum absolute atomic E-state index is 0.0745. The molecule has 0 unspecified atom stereocenters. The van der Waals surface area contributed by atoms with Crippen molar-refractivity contribution in [2.24, 2.45) is 0 Å². The summed E-state index contributed by atoms with van der Waals surface area (Å²) in [6.45, 7) is 0.